The number of hydrogen-bond acceptors (Lipinski definition) is 7. The lowest BCUT2D eigenvalue weighted by atomic mass is 10.1. The first-order chi connectivity index (χ1) is 15.0. The average Bonchev–Trinajstić information content (AvgIpc) is 3.40. The van der Waals surface area contributed by atoms with Gasteiger partial charge < -0.3 is 18.8 Å². The van der Waals surface area contributed by atoms with Gasteiger partial charge in [0.2, 0.25) is 11.8 Å². The molecule has 0 bridgehead atoms. The molecule has 31 heavy (non-hydrogen) atoms. The minimum Gasteiger partial charge on any atom is -0.497 e. The van der Waals surface area contributed by atoms with E-state index in [2.05, 4.69) is 15.5 Å². The number of ether oxygens (including phenoxy) is 2. The maximum atomic E-state index is 12.6. The van der Waals surface area contributed by atoms with Crippen molar-refractivity contribution in [2.24, 2.45) is 0 Å². The van der Waals surface area contributed by atoms with Gasteiger partial charge in [0.25, 0.3) is 5.91 Å². The number of benzene rings is 2. The van der Waals surface area contributed by atoms with E-state index in [-0.39, 0.29) is 24.3 Å². The third kappa shape index (κ3) is 4.35. The summed E-state index contributed by atoms with van der Waals surface area (Å²) in [6.07, 6.45) is 0.260. The van der Waals surface area contributed by atoms with Crippen molar-refractivity contribution in [1.29, 1.82) is 0 Å². The van der Waals surface area contributed by atoms with Crippen LogP contribution in [0.1, 0.15) is 34.2 Å². The number of carbonyl (C=O) groups excluding carboxylic acids is 2. The largest absolute Gasteiger partial charge is 0.497 e. The lowest BCUT2D eigenvalue weighted by molar-refractivity contribution is -0.117. The first-order valence-corrected chi connectivity index (χ1v) is 9.71. The number of nitrogens with one attached hydrogen (secondary N) is 1. The van der Waals surface area contributed by atoms with Gasteiger partial charge >= 0.3 is 6.01 Å². The first-order valence-electron chi connectivity index (χ1n) is 9.71. The quantitative estimate of drug-likeness (QED) is 0.650. The molecule has 2 aromatic carbocycles. The van der Waals surface area contributed by atoms with E-state index >= 15 is 0 Å². The van der Waals surface area contributed by atoms with E-state index in [0.29, 0.717) is 29.5 Å². The molecule has 3 aromatic rings. The molecule has 1 aliphatic rings. The third-order valence-electron chi connectivity index (χ3n) is 5.09. The number of aromatic nitrogens is 2. The van der Waals surface area contributed by atoms with Crippen molar-refractivity contribution in [3.05, 3.63) is 59.5 Å². The van der Waals surface area contributed by atoms with Crippen molar-refractivity contribution < 1.29 is 23.5 Å². The predicted molar refractivity (Wildman–Crippen MR) is 113 cm³/mol. The molecule has 9 heteroatoms. The molecule has 4 rings (SSSR count). The highest BCUT2D eigenvalue weighted by molar-refractivity contribution is 6.03. The molecule has 0 aliphatic carbocycles. The highest BCUT2D eigenvalue weighted by atomic mass is 16.5. The maximum Gasteiger partial charge on any atom is 0.322 e. The molecule has 1 atom stereocenters. The fourth-order valence-electron chi connectivity index (χ4n) is 3.41. The standard InChI is InChI=1S/C22H22N4O5/c1-13-4-6-16(7-5-13)26-12-15(10-19(26)27)21-24-25-22(31-21)23-20(28)14-8-17(29-2)11-18(9-14)30-3/h4-9,11,15H,10,12H2,1-3H3,(H,23,25,28)/t15-/m0/s1. The van der Waals surface area contributed by atoms with Crippen molar-refractivity contribution in [3.8, 4) is 11.5 Å². The zero-order chi connectivity index (χ0) is 22.0. The molecule has 0 saturated carbocycles. The Labute approximate surface area is 179 Å². The molecule has 2 amide bonds. The number of methoxy groups -OCH3 is 2. The smallest absolute Gasteiger partial charge is 0.322 e. The molecular formula is C22H22N4O5. The number of anilines is 2. The van der Waals surface area contributed by atoms with Gasteiger partial charge in [0.05, 0.1) is 20.1 Å². The molecule has 1 fully saturated rings. The van der Waals surface area contributed by atoms with Crippen LogP contribution in [0.5, 0.6) is 11.5 Å². The molecule has 9 nitrogen and oxygen atoms in total. The van der Waals surface area contributed by atoms with E-state index in [1.54, 1.807) is 23.1 Å². The van der Waals surface area contributed by atoms with Crippen molar-refractivity contribution in [3.63, 3.8) is 0 Å². The topological polar surface area (TPSA) is 107 Å². The molecule has 0 radical (unpaired) electrons. The summed E-state index contributed by atoms with van der Waals surface area (Å²) < 4.78 is 16.0. The van der Waals surface area contributed by atoms with Crippen LogP contribution in [0.2, 0.25) is 0 Å². The minimum atomic E-state index is -0.448. The summed E-state index contributed by atoms with van der Waals surface area (Å²) in [7, 11) is 3.01. The lowest BCUT2D eigenvalue weighted by Crippen LogP contribution is -2.24. The van der Waals surface area contributed by atoms with E-state index < -0.39 is 5.91 Å². The molecule has 1 aliphatic heterocycles. The van der Waals surface area contributed by atoms with Crippen LogP contribution < -0.4 is 19.7 Å². The second kappa shape index (κ2) is 8.47. The van der Waals surface area contributed by atoms with Crippen LogP contribution in [-0.2, 0) is 4.79 Å². The van der Waals surface area contributed by atoms with Crippen LogP contribution in [0.3, 0.4) is 0 Å². The molecule has 1 saturated heterocycles. The number of carbonyl (C=O) groups is 2. The van der Waals surface area contributed by atoms with E-state index in [0.717, 1.165) is 11.3 Å². The van der Waals surface area contributed by atoms with E-state index in [1.165, 1.54) is 14.2 Å². The van der Waals surface area contributed by atoms with Gasteiger partial charge in [-0.05, 0) is 31.2 Å². The van der Waals surface area contributed by atoms with Crippen molar-refractivity contribution in [2.75, 3.05) is 31.0 Å². The predicted octanol–water partition coefficient (Wildman–Crippen LogP) is 3.17. The molecule has 1 aromatic heterocycles. The summed E-state index contributed by atoms with van der Waals surface area (Å²) in [4.78, 5) is 26.8. The Balaban J connectivity index is 1.46. The maximum absolute atomic E-state index is 12.6. The van der Waals surface area contributed by atoms with Crippen LogP contribution in [0.15, 0.2) is 46.9 Å². The summed E-state index contributed by atoms with van der Waals surface area (Å²) in [5.41, 5.74) is 2.27. The fraction of sp³-hybridized carbons (Fsp3) is 0.273. The minimum absolute atomic E-state index is 0.0129. The van der Waals surface area contributed by atoms with Gasteiger partial charge in [0.15, 0.2) is 0 Å². The monoisotopic (exact) mass is 422 g/mol. The number of hydrogen-bond donors (Lipinski definition) is 1. The van der Waals surface area contributed by atoms with Gasteiger partial charge in [0, 0.05) is 30.3 Å². The van der Waals surface area contributed by atoms with Crippen molar-refractivity contribution in [1.82, 2.24) is 10.2 Å². The first kappa shape index (κ1) is 20.4. The molecule has 0 unspecified atom stereocenters. The summed E-state index contributed by atoms with van der Waals surface area (Å²) in [5, 5.41) is 10.5. The number of rotatable bonds is 6. The average molecular weight is 422 g/mol. The Morgan fingerprint density at radius 2 is 1.77 bits per heavy atom. The van der Waals surface area contributed by atoms with Crippen LogP contribution in [0.4, 0.5) is 11.7 Å². The summed E-state index contributed by atoms with van der Waals surface area (Å²) in [6.45, 7) is 2.43. The Morgan fingerprint density at radius 3 is 2.42 bits per heavy atom. The highest BCUT2D eigenvalue weighted by Gasteiger charge is 2.35. The van der Waals surface area contributed by atoms with Crippen LogP contribution in [0, 0.1) is 6.92 Å². The van der Waals surface area contributed by atoms with E-state index in [1.807, 2.05) is 31.2 Å². The van der Waals surface area contributed by atoms with Gasteiger partial charge in [-0.15, -0.1) is 5.10 Å². The zero-order valence-electron chi connectivity index (χ0n) is 17.4. The van der Waals surface area contributed by atoms with Gasteiger partial charge in [-0.2, -0.15) is 0 Å². The summed E-state index contributed by atoms with van der Waals surface area (Å²) in [5.74, 6) is 0.565. The van der Waals surface area contributed by atoms with Crippen LogP contribution >= 0.6 is 0 Å². The van der Waals surface area contributed by atoms with Gasteiger partial charge in [-0.25, -0.2) is 0 Å². The summed E-state index contributed by atoms with van der Waals surface area (Å²) in [6, 6.07) is 12.5. The van der Waals surface area contributed by atoms with Gasteiger partial charge in [-0.3, -0.25) is 14.9 Å². The van der Waals surface area contributed by atoms with E-state index in [9.17, 15) is 9.59 Å². The Kier molecular flexibility index (Phi) is 5.57. The zero-order valence-corrected chi connectivity index (χ0v) is 17.4. The van der Waals surface area contributed by atoms with Crippen molar-refractivity contribution in [2.45, 2.75) is 19.3 Å². The Hall–Kier alpha value is -3.88. The SMILES string of the molecule is COc1cc(OC)cc(C(=O)Nc2nnc([C@H]3CC(=O)N(c4ccc(C)cc4)C3)o2)c1. The summed E-state index contributed by atoms with van der Waals surface area (Å²) >= 11 is 0. The molecule has 2 heterocycles. The second-order valence-corrected chi connectivity index (χ2v) is 7.24. The lowest BCUT2D eigenvalue weighted by Gasteiger charge is -2.16. The Morgan fingerprint density at radius 1 is 1.10 bits per heavy atom. The fourth-order valence-corrected chi connectivity index (χ4v) is 3.41. The Bertz CT molecular complexity index is 1090. The number of aryl methyl sites for hydroxylation is 1. The van der Waals surface area contributed by atoms with Gasteiger partial charge in [0.1, 0.15) is 11.5 Å². The van der Waals surface area contributed by atoms with Gasteiger partial charge in [-0.1, -0.05) is 22.8 Å². The highest BCUT2D eigenvalue weighted by Crippen LogP contribution is 2.32. The number of amides is 2. The van der Waals surface area contributed by atoms with Crippen LogP contribution in [-0.4, -0.2) is 42.8 Å². The third-order valence-corrected chi connectivity index (χ3v) is 5.09. The molecular weight excluding hydrogens is 400 g/mol. The molecule has 0 spiro atoms. The normalized spacial score (nSPS) is 15.8. The second-order valence-electron chi connectivity index (χ2n) is 7.24. The van der Waals surface area contributed by atoms with Crippen LogP contribution in [0.25, 0.3) is 0 Å². The molecule has 1 N–H and O–H groups in total. The van der Waals surface area contributed by atoms with Crippen molar-refractivity contribution >= 4 is 23.5 Å². The number of nitrogens with zero attached hydrogens (tertiary/aromatic N) is 3. The molecule has 160 valence electrons. The van der Waals surface area contributed by atoms with E-state index in [4.69, 9.17) is 13.9 Å².